The van der Waals surface area contributed by atoms with Gasteiger partial charge in [0, 0.05) is 36.2 Å². The fraction of sp³-hybridized carbons (Fsp3) is 0.385. The average Bonchev–Trinajstić information content (AvgIpc) is 2.86. The molecular weight excluding hydrogens is 495 g/mol. The molecule has 1 aliphatic rings. The number of hydrogen-bond acceptors (Lipinski definition) is 8. The summed E-state index contributed by atoms with van der Waals surface area (Å²) in [5, 5.41) is 7.58. The van der Waals surface area contributed by atoms with Gasteiger partial charge in [-0.3, -0.25) is 0 Å². The van der Waals surface area contributed by atoms with Crippen molar-refractivity contribution in [2.75, 3.05) is 63.2 Å². The number of anilines is 5. The lowest BCUT2D eigenvalue weighted by Gasteiger charge is -2.37. The molecule has 192 valence electrons. The first-order chi connectivity index (χ1) is 17.2. The monoisotopic (exact) mass is 528 g/mol. The van der Waals surface area contributed by atoms with Crippen LogP contribution in [0.4, 0.5) is 28.8 Å². The molecule has 1 fully saturated rings. The van der Waals surface area contributed by atoms with E-state index < -0.39 is 7.14 Å². The first-order valence-corrected chi connectivity index (χ1v) is 14.9. The lowest BCUT2D eigenvalue weighted by Crippen LogP contribution is -2.42. The van der Waals surface area contributed by atoms with Gasteiger partial charge >= 0.3 is 0 Å². The second-order valence-electron chi connectivity index (χ2n) is 9.58. The molecule has 0 spiro atoms. The summed E-state index contributed by atoms with van der Waals surface area (Å²) in [7, 11) is 3.48. The van der Waals surface area contributed by atoms with Crippen LogP contribution < -0.4 is 25.6 Å². The van der Waals surface area contributed by atoms with Gasteiger partial charge in [0.25, 0.3) is 0 Å². The molecule has 0 unspecified atom stereocenters. The predicted molar refractivity (Wildman–Crippen MR) is 151 cm³/mol. The van der Waals surface area contributed by atoms with Gasteiger partial charge in [-0.1, -0.05) is 23.7 Å². The van der Waals surface area contributed by atoms with Crippen LogP contribution in [0.3, 0.4) is 0 Å². The Labute approximate surface area is 218 Å². The second-order valence-corrected chi connectivity index (χ2v) is 13.2. The molecule has 0 atom stereocenters. The summed E-state index contributed by atoms with van der Waals surface area (Å²) >= 11 is 6.39. The third kappa shape index (κ3) is 6.12. The zero-order chi connectivity index (χ0) is 25.9. The van der Waals surface area contributed by atoms with Gasteiger partial charge in [-0.2, -0.15) is 4.98 Å². The molecule has 0 saturated carbocycles. The number of aromatic nitrogens is 2. The quantitative estimate of drug-likeness (QED) is 0.376. The Kier molecular flexibility index (Phi) is 8.08. The molecule has 2 heterocycles. The van der Waals surface area contributed by atoms with Crippen LogP contribution in [0.15, 0.2) is 48.7 Å². The van der Waals surface area contributed by atoms with Gasteiger partial charge < -0.3 is 29.7 Å². The van der Waals surface area contributed by atoms with Crippen LogP contribution in [0.1, 0.15) is 12.8 Å². The Balaban J connectivity index is 1.52. The second kappa shape index (κ2) is 11.1. The van der Waals surface area contributed by atoms with Crippen molar-refractivity contribution in [3.63, 3.8) is 0 Å². The minimum Gasteiger partial charge on any atom is -0.495 e. The molecule has 0 radical (unpaired) electrons. The van der Waals surface area contributed by atoms with E-state index in [2.05, 4.69) is 50.6 Å². The van der Waals surface area contributed by atoms with Crippen LogP contribution in [0.25, 0.3) is 0 Å². The van der Waals surface area contributed by atoms with Crippen molar-refractivity contribution in [3.05, 3.63) is 53.7 Å². The number of halogens is 1. The van der Waals surface area contributed by atoms with Crippen LogP contribution in [0, 0.1) is 0 Å². The number of piperidine rings is 1. The van der Waals surface area contributed by atoms with Gasteiger partial charge in [0.15, 0.2) is 5.82 Å². The van der Waals surface area contributed by atoms with Crippen LogP contribution in [0.2, 0.25) is 5.02 Å². The molecule has 0 amide bonds. The number of nitrogens with one attached hydrogen (secondary N) is 2. The van der Waals surface area contributed by atoms with E-state index in [-0.39, 0.29) is 0 Å². The van der Waals surface area contributed by atoms with E-state index >= 15 is 0 Å². The predicted octanol–water partition coefficient (Wildman–Crippen LogP) is 5.40. The molecule has 8 nitrogen and oxygen atoms in total. The first kappa shape index (κ1) is 26.3. The molecule has 1 aliphatic heterocycles. The van der Waals surface area contributed by atoms with Crippen LogP contribution >= 0.6 is 18.7 Å². The lowest BCUT2D eigenvalue weighted by molar-refractivity contribution is 0.249. The highest BCUT2D eigenvalue weighted by atomic mass is 35.5. The van der Waals surface area contributed by atoms with Crippen molar-refractivity contribution in [3.8, 4) is 5.75 Å². The molecular formula is C26H34ClN6O2P. The summed E-state index contributed by atoms with van der Waals surface area (Å²) in [4.78, 5) is 13.6. The number of hydrogen-bond donors (Lipinski definition) is 2. The normalized spacial score (nSPS) is 14.7. The van der Waals surface area contributed by atoms with Gasteiger partial charge in [0.1, 0.15) is 17.9 Å². The molecule has 2 aromatic carbocycles. The Morgan fingerprint density at radius 2 is 1.83 bits per heavy atom. The summed E-state index contributed by atoms with van der Waals surface area (Å²) in [6.07, 6.45) is 3.79. The largest absolute Gasteiger partial charge is 0.495 e. The van der Waals surface area contributed by atoms with Crippen LogP contribution in [-0.2, 0) is 4.57 Å². The van der Waals surface area contributed by atoms with E-state index in [1.807, 2.05) is 36.4 Å². The van der Waals surface area contributed by atoms with Crippen molar-refractivity contribution < 1.29 is 9.30 Å². The zero-order valence-corrected chi connectivity index (χ0v) is 23.1. The zero-order valence-electron chi connectivity index (χ0n) is 21.5. The minimum absolute atomic E-state index is 0.367. The van der Waals surface area contributed by atoms with Gasteiger partial charge in [-0.25, -0.2) is 4.98 Å². The van der Waals surface area contributed by atoms with Crippen molar-refractivity contribution in [2.45, 2.75) is 18.9 Å². The van der Waals surface area contributed by atoms with Crippen molar-refractivity contribution >= 4 is 52.9 Å². The molecule has 10 heteroatoms. The molecule has 4 rings (SSSR count). The maximum Gasteiger partial charge on any atom is 0.229 e. The van der Waals surface area contributed by atoms with Gasteiger partial charge in [0.05, 0.1) is 24.7 Å². The maximum absolute atomic E-state index is 12.7. The van der Waals surface area contributed by atoms with E-state index in [0.717, 1.165) is 48.4 Å². The molecule has 0 bridgehead atoms. The van der Waals surface area contributed by atoms with E-state index in [9.17, 15) is 4.57 Å². The molecule has 2 N–H and O–H groups in total. The number of ether oxygens (including phenoxy) is 1. The van der Waals surface area contributed by atoms with E-state index in [4.69, 9.17) is 16.3 Å². The Morgan fingerprint density at radius 1 is 1.11 bits per heavy atom. The van der Waals surface area contributed by atoms with Crippen LogP contribution in [-0.4, -0.2) is 68.5 Å². The average molecular weight is 529 g/mol. The summed E-state index contributed by atoms with van der Waals surface area (Å²) in [5.41, 5.74) is 2.60. The summed E-state index contributed by atoms with van der Waals surface area (Å²) < 4.78 is 18.5. The molecule has 0 aliphatic carbocycles. The van der Waals surface area contributed by atoms with Crippen molar-refractivity contribution in [1.29, 1.82) is 0 Å². The molecule has 3 aromatic rings. The number of benzene rings is 2. The number of rotatable bonds is 8. The summed E-state index contributed by atoms with van der Waals surface area (Å²) in [5.74, 6) is 1.62. The highest BCUT2D eigenvalue weighted by Gasteiger charge is 2.23. The molecule has 1 aromatic heterocycles. The fourth-order valence-corrected chi connectivity index (χ4v) is 5.75. The highest BCUT2D eigenvalue weighted by Crippen LogP contribution is 2.39. The Hall–Kier alpha value is -2.80. The highest BCUT2D eigenvalue weighted by molar-refractivity contribution is 7.70. The smallest absolute Gasteiger partial charge is 0.229 e. The third-order valence-electron chi connectivity index (χ3n) is 6.45. The molecule has 36 heavy (non-hydrogen) atoms. The lowest BCUT2D eigenvalue weighted by atomic mass is 10.0. The third-order valence-corrected chi connectivity index (χ3v) is 8.28. The number of nitrogens with zero attached hydrogens (tertiary/aromatic N) is 4. The van der Waals surface area contributed by atoms with Crippen molar-refractivity contribution in [1.82, 2.24) is 14.9 Å². The topological polar surface area (TPSA) is 82.6 Å². The summed E-state index contributed by atoms with van der Waals surface area (Å²) in [6, 6.07) is 14.1. The minimum atomic E-state index is -2.49. The van der Waals surface area contributed by atoms with E-state index in [0.29, 0.717) is 28.5 Å². The number of methoxy groups -OCH3 is 1. The van der Waals surface area contributed by atoms with E-state index in [1.54, 1.807) is 26.6 Å². The van der Waals surface area contributed by atoms with Crippen LogP contribution in [0.5, 0.6) is 5.75 Å². The van der Waals surface area contributed by atoms with Gasteiger partial charge in [0.2, 0.25) is 5.95 Å². The van der Waals surface area contributed by atoms with E-state index in [1.165, 1.54) is 0 Å². The van der Waals surface area contributed by atoms with Gasteiger partial charge in [-0.05, 0) is 64.5 Å². The molecule has 1 saturated heterocycles. The SMILES string of the molecule is COc1cc(Nc2ncc(Cl)c(Nc3ccccc3P(C)(C)=O)n2)ccc1N1CCC(N(C)C)CC1. The standard InChI is InChI=1S/C26H34ClN6O2P/c1-32(2)19-12-14-33(15-13-19)22-11-10-18(16-23(22)35-3)29-26-28-17-20(27)25(31-26)30-21-8-6-7-9-24(21)36(4,5)34/h6-11,16-17,19H,12-15H2,1-5H3,(H2,28,29,30,31). The summed E-state index contributed by atoms with van der Waals surface area (Å²) in [6.45, 7) is 5.46. The number of para-hydroxylation sites is 1. The Morgan fingerprint density at radius 3 is 2.50 bits per heavy atom. The fourth-order valence-electron chi connectivity index (χ4n) is 4.46. The van der Waals surface area contributed by atoms with Gasteiger partial charge in [-0.15, -0.1) is 0 Å². The first-order valence-electron chi connectivity index (χ1n) is 12.0. The maximum atomic E-state index is 12.7. The Bertz CT molecular complexity index is 1260. The van der Waals surface area contributed by atoms with Crippen molar-refractivity contribution in [2.24, 2.45) is 0 Å².